The lowest BCUT2D eigenvalue weighted by Crippen LogP contribution is -2.45. The molecule has 23 heavy (non-hydrogen) atoms. The topological polar surface area (TPSA) is 101 Å². The lowest BCUT2D eigenvalue weighted by molar-refractivity contribution is 0.417. The van der Waals surface area contributed by atoms with Crippen LogP contribution in [0, 0.1) is 11.3 Å². The molecule has 2 aromatic heterocycles. The van der Waals surface area contributed by atoms with E-state index in [0.29, 0.717) is 28.6 Å². The lowest BCUT2D eigenvalue weighted by atomic mass is 10.1. The Balaban J connectivity index is 2.08. The number of nitrogens with zero attached hydrogens (tertiary/aromatic N) is 4. The van der Waals surface area contributed by atoms with Gasteiger partial charge in [-0.25, -0.2) is 4.52 Å². The largest absolute Gasteiger partial charge is 0.494 e. The Bertz CT molecular complexity index is 834. The molecular formula is C16H18N6O. The van der Waals surface area contributed by atoms with Gasteiger partial charge in [0.05, 0.1) is 19.3 Å². The first-order chi connectivity index (χ1) is 11.1. The zero-order chi connectivity index (χ0) is 16.4. The molecule has 0 spiro atoms. The van der Waals surface area contributed by atoms with E-state index < -0.39 is 0 Å². The third-order valence-corrected chi connectivity index (χ3v) is 3.83. The molecule has 1 aliphatic heterocycles. The molecule has 0 unspecified atom stereocenters. The Morgan fingerprint density at radius 2 is 2.39 bits per heavy atom. The lowest BCUT2D eigenvalue weighted by Gasteiger charge is -2.23. The third-order valence-electron chi connectivity index (χ3n) is 3.83. The molecule has 0 radical (unpaired) electrons. The fraction of sp³-hybridized carbons (Fsp3) is 0.312. The van der Waals surface area contributed by atoms with Gasteiger partial charge < -0.3 is 15.8 Å². The van der Waals surface area contributed by atoms with Crippen molar-refractivity contribution in [2.45, 2.75) is 13.0 Å². The first-order valence-corrected chi connectivity index (χ1v) is 7.30. The number of aliphatic imine (C=N–C) groups is 1. The molecule has 7 heteroatoms. The number of aromatic nitrogens is 2. The molecule has 0 aromatic carbocycles. The van der Waals surface area contributed by atoms with Crippen LogP contribution in [0.1, 0.15) is 18.1 Å². The summed E-state index contributed by atoms with van der Waals surface area (Å²) in [6.45, 7) is 3.61. The monoisotopic (exact) mass is 310 g/mol. The molecule has 2 aromatic rings. The van der Waals surface area contributed by atoms with Crippen LogP contribution in [0.2, 0.25) is 0 Å². The minimum absolute atomic E-state index is 0.296. The van der Waals surface area contributed by atoms with E-state index in [1.54, 1.807) is 17.8 Å². The first kappa shape index (κ1) is 15.1. The van der Waals surface area contributed by atoms with E-state index in [9.17, 15) is 5.26 Å². The van der Waals surface area contributed by atoms with Crippen molar-refractivity contribution >= 4 is 17.3 Å². The minimum atomic E-state index is 0.296. The van der Waals surface area contributed by atoms with Crippen molar-refractivity contribution in [1.29, 1.82) is 5.26 Å². The van der Waals surface area contributed by atoms with Crippen LogP contribution < -0.4 is 15.8 Å². The van der Waals surface area contributed by atoms with E-state index in [1.165, 1.54) is 6.20 Å². The average molecular weight is 310 g/mol. The highest BCUT2D eigenvalue weighted by atomic mass is 16.5. The predicted molar refractivity (Wildman–Crippen MR) is 88.4 cm³/mol. The average Bonchev–Trinajstić information content (AvgIpc) is 2.91. The maximum Gasteiger partial charge on any atom is 0.146 e. The second kappa shape index (κ2) is 6.10. The van der Waals surface area contributed by atoms with E-state index in [1.807, 2.05) is 19.2 Å². The second-order valence-corrected chi connectivity index (χ2v) is 5.45. The molecule has 118 valence electrons. The highest BCUT2D eigenvalue weighted by molar-refractivity contribution is 6.11. The number of nitriles is 1. The van der Waals surface area contributed by atoms with Crippen molar-refractivity contribution in [3.8, 4) is 11.8 Å². The fourth-order valence-corrected chi connectivity index (χ4v) is 2.43. The zero-order valence-corrected chi connectivity index (χ0v) is 13.1. The van der Waals surface area contributed by atoms with E-state index in [0.717, 1.165) is 24.2 Å². The van der Waals surface area contributed by atoms with Crippen molar-refractivity contribution < 1.29 is 4.74 Å². The molecule has 0 aliphatic carbocycles. The molecule has 1 fully saturated rings. The number of nitrogens with two attached hydrogens (primary N) is 1. The molecule has 0 bridgehead atoms. The van der Waals surface area contributed by atoms with Crippen molar-refractivity contribution in [1.82, 2.24) is 14.9 Å². The van der Waals surface area contributed by atoms with Gasteiger partial charge in [-0.15, -0.1) is 0 Å². The van der Waals surface area contributed by atoms with Crippen molar-refractivity contribution in [3.63, 3.8) is 0 Å². The van der Waals surface area contributed by atoms with Crippen LogP contribution >= 0.6 is 0 Å². The van der Waals surface area contributed by atoms with Crippen LogP contribution in [0.4, 0.5) is 0 Å². The Morgan fingerprint density at radius 3 is 2.96 bits per heavy atom. The Kier molecular flexibility index (Phi) is 4.00. The van der Waals surface area contributed by atoms with Crippen LogP contribution in [0.5, 0.6) is 5.75 Å². The fourth-order valence-electron chi connectivity index (χ4n) is 2.43. The van der Waals surface area contributed by atoms with E-state index in [-0.39, 0.29) is 0 Å². The van der Waals surface area contributed by atoms with Gasteiger partial charge in [-0.1, -0.05) is 0 Å². The maximum absolute atomic E-state index is 9.17. The molecule has 0 atom stereocenters. The summed E-state index contributed by atoms with van der Waals surface area (Å²) in [5.74, 6) is 0.578. The van der Waals surface area contributed by atoms with Gasteiger partial charge in [0.2, 0.25) is 0 Å². The zero-order valence-electron chi connectivity index (χ0n) is 13.1. The summed E-state index contributed by atoms with van der Waals surface area (Å²) in [7, 11) is 1.57. The molecule has 3 N–H and O–H groups in total. The van der Waals surface area contributed by atoms with Crippen LogP contribution in [-0.4, -0.2) is 42.1 Å². The number of hydrogen-bond acceptors (Lipinski definition) is 6. The summed E-state index contributed by atoms with van der Waals surface area (Å²) >= 11 is 0. The normalized spacial score (nSPS) is 16.2. The van der Waals surface area contributed by atoms with Crippen LogP contribution in [-0.2, 0) is 0 Å². The van der Waals surface area contributed by atoms with Gasteiger partial charge in [0, 0.05) is 42.3 Å². The predicted octanol–water partition coefficient (Wildman–Crippen LogP) is 0.947. The summed E-state index contributed by atoms with van der Waals surface area (Å²) < 4.78 is 7.06. The second-order valence-electron chi connectivity index (χ2n) is 5.45. The Labute approximate surface area is 134 Å². The van der Waals surface area contributed by atoms with Crippen molar-refractivity contribution in [3.05, 3.63) is 35.3 Å². The van der Waals surface area contributed by atoms with Crippen molar-refractivity contribution in [2.75, 3.05) is 20.2 Å². The quantitative estimate of drug-likeness (QED) is 0.819. The van der Waals surface area contributed by atoms with Gasteiger partial charge >= 0.3 is 0 Å². The number of hydrogen-bond donors (Lipinski definition) is 2. The molecule has 1 aliphatic rings. The molecule has 1 saturated heterocycles. The molecule has 3 heterocycles. The first-order valence-electron chi connectivity index (χ1n) is 7.30. The summed E-state index contributed by atoms with van der Waals surface area (Å²) in [6.07, 6.45) is 5.15. The Morgan fingerprint density at radius 1 is 1.61 bits per heavy atom. The molecule has 3 rings (SSSR count). The van der Waals surface area contributed by atoms with Crippen LogP contribution in [0.15, 0.2) is 29.1 Å². The highest BCUT2D eigenvalue weighted by Gasteiger charge is 2.16. The van der Waals surface area contributed by atoms with E-state index in [4.69, 9.17) is 10.5 Å². The van der Waals surface area contributed by atoms with Crippen molar-refractivity contribution in [2.24, 2.45) is 10.7 Å². The number of rotatable bonds is 4. The van der Waals surface area contributed by atoms with Crippen LogP contribution in [0.3, 0.4) is 0 Å². The summed E-state index contributed by atoms with van der Waals surface area (Å²) in [5.41, 5.74) is 9.48. The number of nitrogens with one attached hydrogen (secondary N) is 1. The number of pyridine rings is 1. The molecule has 0 saturated carbocycles. The third kappa shape index (κ3) is 2.76. The summed E-state index contributed by atoms with van der Waals surface area (Å²) in [6, 6.07) is 4.27. The standard InChI is InChI=1S/C16H18N6O/c1-10(18)14(8-20-13-6-19-7-13)11-3-15(23-2)16-12(4-17)5-21-22(16)9-11/h3,5,8-9,13,19H,6-7,18H2,1-2H3/b14-10+,20-8?. The van der Waals surface area contributed by atoms with E-state index >= 15 is 0 Å². The molecular weight excluding hydrogens is 292 g/mol. The van der Waals surface area contributed by atoms with Gasteiger partial charge in [0.25, 0.3) is 0 Å². The molecule has 0 amide bonds. The number of fused-ring (bicyclic) bond motifs is 1. The molecule has 7 nitrogen and oxygen atoms in total. The van der Waals surface area contributed by atoms with Gasteiger partial charge in [-0.05, 0) is 13.0 Å². The van der Waals surface area contributed by atoms with Gasteiger partial charge in [0.15, 0.2) is 0 Å². The minimum Gasteiger partial charge on any atom is -0.494 e. The highest BCUT2D eigenvalue weighted by Crippen LogP contribution is 2.27. The van der Waals surface area contributed by atoms with E-state index in [2.05, 4.69) is 21.5 Å². The number of allylic oxidation sites excluding steroid dienone is 2. The smallest absolute Gasteiger partial charge is 0.146 e. The summed E-state index contributed by atoms with van der Waals surface area (Å²) in [5, 5.41) is 16.6. The van der Waals surface area contributed by atoms with Gasteiger partial charge in [-0.2, -0.15) is 10.4 Å². The van der Waals surface area contributed by atoms with Gasteiger partial charge in [0.1, 0.15) is 22.9 Å². The SMILES string of the molecule is COc1cc(/C(C=NC2CNC2)=C(\C)N)cn2ncc(C#N)c12. The van der Waals surface area contributed by atoms with Crippen LogP contribution in [0.25, 0.3) is 11.1 Å². The summed E-state index contributed by atoms with van der Waals surface area (Å²) in [4.78, 5) is 4.54. The maximum atomic E-state index is 9.17. The van der Waals surface area contributed by atoms with Gasteiger partial charge in [-0.3, -0.25) is 4.99 Å². The number of methoxy groups -OCH3 is 1. The Hall–Kier alpha value is -2.85. The number of ether oxygens (including phenoxy) is 1.